The van der Waals surface area contributed by atoms with Gasteiger partial charge in [-0.2, -0.15) is 0 Å². The molecule has 1 N–H and O–H groups in total. The van der Waals surface area contributed by atoms with Gasteiger partial charge in [-0.15, -0.1) is 0 Å². The molecule has 5 heteroatoms. The van der Waals surface area contributed by atoms with E-state index in [9.17, 15) is 5.11 Å². The van der Waals surface area contributed by atoms with Crippen LogP contribution >= 0.6 is 11.6 Å². The number of aliphatic hydroxyl groups is 1. The van der Waals surface area contributed by atoms with E-state index < -0.39 is 0 Å². The van der Waals surface area contributed by atoms with Crippen LogP contribution < -0.4 is 4.90 Å². The molecule has 1 unspecified atom stereocenters. The highest BCUT2D eigenvalue weighted by Gasteiger charge is 2.32. The molecule has 0 amide bonds. The SMILES string of the molecule is CC(C1CC1)N(C)c1ncnc(Cl)c1CO. The van der Waals surface area contributed by atoms with Crippen LogP contribution in [0, 0.1) is 5.92 Å². The second-order valence-corrected chi connectivity index (χ2v) is 4.67. The van der Waals surface area contributed by atoms with Crippen LogP contribution in [-0.4, -0.2) is 28.2 Å². The minimum Gasteiger partial charge on any atom is -0.391 e. The first-order valence-electron chi connectivity index (χ1n) is 5.48. The quantitative estimate of drug-likeness (QED) is 0.818. The number of anilines is 1. The molecule has 4 nitrogen and oxygen atoms in total. The smallest absolute Gasteiger partial charge is 0.140 e. The van der Waals surface area contributed by atoms with Crippen molar-refractivity contribution in [3.05, 3.63) is 17.0 Å². The third-order valence-electron chi connectivity index (χ3n) is 3.28. The van der Waals surface area contributed by atoms with Gasteiger partial charge in [0.2, 0.25) is 0 Å². The Balaban J connectivity index is 2.27. The Labute approximate surface area is 100 Å². The van der Waals surface area contributed by atoms with E-state index in [2.05, 4.69) is 21.8 Å². The number of hydrogen-bond acceptors (Lipinski definition) is 4. The van der Waals surface area contributed by atoms with Gasteiger partial charge in [-0.25, -0.2) is 9.97 Å². The Morgan fingerprint density at radius 3 is 2.81 bits per heavy atom. The molecule has 0 bridgehead atoms. The van der Waals surface area contributed by atoms with Crippen LogP contribution in [0.5, 0.6) is 0 Å². The van der Waals surface area contributed by atoms with E-state index in [-0.39, 0.29) is 6.61 Å². The van der Waals surface area contributed by atoms with E-state index in [1.807, 2.05) is 7.05 Å². The minimum atomic E-state index is -0.128. The molecule has 0 spiro atoms. The second kappa shape index (κ2) is 4.55. The van der Waals surface area contributed by atoms with Crippen LogP contribution in [0.2, 0.25) is 5.15 Å². The molecule has 16 heavy (non-hydrogen) atoms. The maximum Gasteiger partial charge on any atom is 0.140 e. The van der Waals surface area contributed by atoms with Crippen molar-refractivity contribution in [3.8, 4) is 0 Å². The maximum atomic E-state index is 9.29. The molecule has 2 rings (SSSR count). The lowest BCUT2D eigenvalue weighted by Gasteiger charge is -2.27. The van der Waals surface area contributed by atoms with Crippen molar-refractivity contribution in [2.75, 3.05) is 11.9 Å². The summed E-state index contributed by atoms with van der Waals surface area (Å²) in [7, 11) is 1.99. The lowest BCUT2D eigenvalue weighted by molar-refractivity contribution is 0.281. The number of aromatic nitrogens is 2. The van der Waals surface area contributed by atoms with Crippen molar-refractivity contribution in [3.63, 3.8) is 0 Å². The molecular formula is C11H16ClN3O. The molecule has 0 radical (unpaired) electrons. The summed E-state index contributed by atoms with van der Waals surface area (Å²) in [6.07, 6.45) is 3.99. The minimum absolute atomic E-state index is 0.128. The molecule has 1 aromatic rings. The molecule has 1 saturated carbocycles. The third kappa shape index (κ3) is 2.13. The van der Waals surface area contributed by atoms with Gasteiger partial charge in [0.15, 0.2) is 0 Å². The predicted molar refractivity (Wildman–Crippen MR) is 63.6 cm³/mol. The van der Waals surface area contributed by atoms with E-state index in [4.69, 9.17) is 11.6 Å². The summed E-state index contributed by atoms with van der Waals surface area (Å²) in [6.45, 7) is 2.05. The number of hydrogen-bond donors (Lipinski definition) is 1. The molecule has 1 aromatic heterocycles. The van der Waals surface area contributed by atoms with E-state index >= 15 is 0 Å². The highest BCUT2D eigenvalue weighted by molar-refractivity contribution is 6.30. The van der Waals surface area contributed by atoms with Gasteiger partial charge < -0.3 is 10.0 Å². The largest absolute Gasteiger partial charge is 0.391 e. The Morgan fingerprint density at radius 1 is 1.56 bits per heavy atom. The first-order chi connectivity index (χ1) is 7.65. The number of halogens is 1. The Morgan fingerprint density at radius 2 is 2.25 bits per heavy atom. The summed E-state index contributed by atoms with van der Waals surface area (Å²) in [5.74, 6) is 1.48. The monoisotopic (exact) mass is 241 g/mol. The van der Waals surface area contributed by atoms with Crippen LogP contribution in [0.3, 0.4) is 0 Å². The molecular weight excluding hydrogens is 226 g/mol. The fraction of sp³-hybridized carbons (Fsp3) is 0.636. The molecule has 88 valence electrons. The maximum absolute atomic E-state index is 9.29. The van der Waals surface area contributed by atoms with E-state index in [0.717, 1.165) is 11.7 Å². The standard InChI is InChI=1S/C11H16ClN3O/c1-7(8-3-4-8)15(2)11-9(5-16)10(12)13-6-14-11/h6-8,16H,3-5H2,1-2H3. The Kier molecular flexibility index (Phi) is 3.30. The summed E-state index contributed by atoms with van der Waals surface area (Å²) < 4.78 is 0. The van der Waals surface area contributed by atoms with Gasteiger partial charge in [0.25, 0.3) is 0 Å². The average Bonchev–Trinajstić information content (AvgIpc) is 3.10. The van der Waals surface area contributed by atoms with Gasteiger partial charge in [0.1, 0.15) is 17.3 Å². The fourth-order valence-electron chi connectivity index (χ4n) is 1.91. The van der Waals surface area contributed by atoms with Gasteiger partial charge in [-0.1, -0.05) is 11.6 Å². The lowest BCUT2D eigenvalue weighted by Crippen LogP contribution is -2.32. The normalized spacial score (nSPS) is 17.2. The fourth-order valence-corrected chi connectivity index (χ4v) is 2.10. The summed E-state index contributed by atoms with van der Waals surface area (Å²) in [6, 6.07) is 0.427. The molecule has 0 aliphatic heterocycles. The van der Waals surface area contributed by atoms with Crippen molar-refractivity contribution < 1.29 is 5.11 Å². The van der Waals surface area contributed by atoms with Crippen LogP contribution in [0.4, 0.5) is 5.82 Å². The molecule has 1 aliphatic rings. The van der Waals surface area contributed by atoms with Crippen LogP contribution in [0.1, 0.15) is 25.3 Å². The molecule has 0 aromatic carbocycles. The highest BCUT2D eigenvalue weighted by atomic mass is 35.5. The van der Waals surface area contributed by atoms with Crippen LogP contribution in [0.25, 0.3) is 0 Å². The zero-order valence-electron chi connectivity index (χ0n) is 9.52. The molecule has 1 fully saturated rings. The van der Waals surface area contributed by atoms with Gasteiger partial charge >= 0.3 is 0 Å². The first kappa shape index (κ1) is 11.6. The lowest BCUT2D eigenvalue weighted by atomic mass is 10.2. The van der Waals surface area contributed by atoms with Gasteiger partial charge in [0.05, 0.1) is 12.2 Å². The first-order valence-corrected chi connectivity index (χ1v) is 5.86. The summed E-state index contributed by atoms with van der Waals surface area (Å²) in [4.78, 5) is 10.2. The van der Waals surface area contributed by atoms with Crippen molar-refractivity contribution >= 4 is 17.4 Å². The Bertz CT molecular complexity index is 381. The number of aliphatic hydroxyl groups excluding tert-OH is 1. The average molecular weight is 242 g/mol. The summed E-state index contributed by atoms with van der Waals surface area (Å²) >= 11 is 5.94. The third-order valence-corrected chi connectivity index (χ3v) is 3.60. The topological polar surface area (TPSA) is 49.2 Å². The molecule has 0 saturated heterocycles. The van der Waals surface area contributed by atoms with Crippen molar-refractivity contribution in [1.29, 1.82) is 0 Å². The number of nitrogens with zero attached hydrogens (tertiary/aromatic N) is 3. The van der Waals surface area contributed by atoms with Gasteiger partial charge in [0, 0.05) is 13.1 Å². The van der Waals surface area contributed by atoms with E-state index in [0.29, 0.717) is 16.8 Å². The zero-order valence-corrected chi connectivity index (χ0v) is 10.3. The predicted octanol–water partition coefficient (Wildman–Crippen LogP) is 1.86. The van der Waals surface area contributed by atoms with Crippen molar-refractivity contribution in [2.24, 2.45) is 5.92 Å². The molecule has 1 heterocycles. The second-order valence-electron chi connectivity index (χ2n) is 4.31. The molecule has 1 aliphatic carbocycles. The van der Waals surface area contributed by atoms with E-state index in [1.165, 1.54) is 19.2 Å². The van der Waals surface area contributed by atoms with Crippen molar-refractivity contribution in [1.82, 2.24) is 9.97 Å². The van der Waals surface area contributed by atoms with Gasteiger partial charge in [-0.05, 0) is 25.7 Å². The Hall–Kier alpha value is -0.870. The highest BCUT2D eigenvalue weighted by Crippen LogP contribution is 2.36. The zero-order chi connectivity index (χ0) is 11.7. The molecule has 1 atom stereocenters. The summed E-state index contributed by atoms with van der Waals surface area (Å²) in [5.41, 5.74) is 0.610. The van der Waals surface area contributed by atoms with Crippen molar-refractivity contribution in [2.45, 2.75) is 32.4 Å². The van der Waals surface area contributed by atoms with E-state index in [1.54, 1.807) is 0 Å². The van der Waals surface area contributed by atoms with Gasteiger partial charge in [-0.3, -0.25) is 0 Å². The number of rotatable bonds is 4. The van der Waals surface area contributed by atoms with Crippen LogP contribution in [0.15, 0.2) is 6.33 Å². The van der Waals surface area contributed by atoms with Crippen LogP contribution in [-0.2, 0) is 6.61 Å². The summed E-state index contributed by atoms with van der Waals surface area (Å²) in [5, 5.41) is 9.63.